The van der Waals surface area contributed by atoms with E-state index in [2.05, 4.69) is 0 Å². The molecule has 0 saturated heterocycles. The molecule has 14 heavy (non-hydrogen) atoms. The summed E-state index contributed by atoms with van der Waals surface area (Å²) >= 11 is 0. The third-order valence-electron chi connectivity index (χ3n) is 1.93. The van der Waals surface area contributed by atoms with Crippen molar-refractivity contribution in [1.82, 2.24) is 0 Å². The van der Waals surface area contributed by atoms with Gasteiger partial charge in [-0.2, -0.15) is 0 Å². The first-order valence-corrected chi connectivity index (χ1v) is 5.87. The molecule has 0 N–H and O–H groups in total. The van der Waals surface area contributed by atoms with Gasteiger partial charge in [0, 0.05) is 6.08 Å². The van der Waals surface area contributed by atoms with E-state index in [1.807, 2.05) is 20.8 Å². The average molecular weight is 212 g/mol. The lowest BCUT2D eigenvalue weighted by atomic mass is 10.2. The Morgan fingerprint density at radius 2 is 1.86 bits per heavy atom. The minimum atomic E-state index is -3.21. The van der Waals surface area contributed by atoms with Crippen LogP contribution in [0.5, 0.6) is 0 Å². The molecule has 0 atom stereocenters. The van der Waals surface area contributed by atoms with Gasteiger partial charge in [-0.05, 0) is 32.9 Å². The zero-order chi connectivity index (χ0) is 10.6. The largest absolute Gasteiger partial charge is 0.487 e. The van der Waals surface area contributed by atoms with E-state index in [1.54, 1.807) is 18.2 Å². The number of rotatable bonds is 1. The molecule has 0 amide bonds. The highest BCUT2D eigenvalue weighted by Crippen LogP contribution is 2.38. The average Bonchev–Trinajstić information content (AvgIpc) is 2.36. The molecule has 0 unspecified atom stereocenters. The van der Waals surface area contributed by atoms with Crippen LogP contribution in [0, 0.1) is 0 Å². The van der Waals surface area contributed by atoms with Crippen molar-refractivity contribution in [2.75, 3.05) is 0 Å². The Bertz CT molecular complexity index is 470. The fourth-order valence-electron chi connectivity index (χ4n) is 1.41. The number of allylic oxidation sites excluding steroid dienone is 3. The van der Waals surface area contributed by atoms with Gasteiger partial charge >= 0.3 is 0 Å². The maximum atomic E-state index is 11.6. The Morgan fingerprint density at radius 1 is 1.21 bits per heavy atom. The molecule has 2 aliphatic rings. The molecule has 76 valence electrons. The van der Waals surface area contributed by atoms with Crippen LogP contribution in [-0.4, -0.2) is 14.0 Å². The van der Waals surface area contributed by atoms with Crippen LogP contribution in [0.3, 0.4) is 0 Å². The Balaban J connectivity index is 2.43. The van der Waals surface area contributed by atoms with Gasteiger partial charge in [0.25, 0.3) is 0 Å². The molecule has 0 aromatic rings. The highest BCUT2D eigenvalue weighted by Gasteiger charge is 2.36. The molecule has 4 heteroatoms. The first-order chi connectivity index (χ1) is 6.31. The smallest absolute Gasteiger partial charge is 0.210 e. The van der Waals surface area contributed by atoms with Crippen molar-refractivity contribution < 1.29 is 13.2 Å². The number of fused-ring (bicyclic) bond motifs is 2. The van der Waals surface area contributed by atoms with Crippen molar-refractivity contribution in [3.8, 4) is 0 Å². The lowest BCUT2D eigenvalue weighted by molar-refractivity contribution is 0.0597. The first-order valence-electron chi connectivity index (χ1n) is 4.39. The van der Waals surface area contributed by atoms with Crippen LogP contribution >= 0.6 is 0 Å². The molecule has 0 aromatic heterocycles. The second-order valence-electron chi connectivity index (χ2n) is 4.33. The topological polar surface area (TPSA) is 43.4 Å². The molecule has 0 aromatic carbocycles. The summed E-state index contributed by atoms with van der Waals surface area (Å²) in [7, 11) is -3.21. The van der Waals surface area contributed by atoms with Crippen molar-refractivity contribution in [1.29, 1.82) is 0 Å². The van der Waals surface area contributed by atoms with E-state index in [9.17, 15) is 8.42 Å². The summed E-state index contributed by atoms with van der Waals surface area (Å²) in [5, 5.41) is 0. The molecule has 2 bridgehead atoms. The zero-order valence-electron chi connectivity index (χ0n) is 8.37. The fraction of sp³-hybridized carbons (Fsp3) is 0.400. The summed E-state index contributed by atoms with van der Waals surface area (Å²) in [6, 6.07) is 0. The van der Waals surface area contributed by atoms with Gasteiger partial charge in [-0.3, -0.25) is 0 Å². The number of ether oxygens (including phenoxy) is 1. The van der Waals surface area contributed by atoms with Crippen molar-refractivity contribution >= 4 is 9.84 Å². The van der Waals surface area contributed by atoms with Gasteiger partial charge in [-0.1, -0.05) is 0 Å². The highest BCUT2D eigenvalue weighted by molar-refractivity contribution is 8.00. The van der Waals surface area contributed by atoms with Gasteiger partial charge in [0.2, 0.25) is 9.84 Å². The Labute approximate surface area is 83.7 Å². The van der Waals surface area contributed by atoms with Crippen LogP contribution in [-0.2, 0) is 14.6 Å². The Kier molecular flexibility index (Phi) is 1.71. The molecular formula is C10H12O3S. The second kappa shape index (κ2) is 2.51. The van der Waals surface area contributed by atoms with E-state index in [1.165, 1.54) is 0 Å². The Morgan fingerprint density at radius 3 is 2.21 bits per heavy atom. The van der Waals surface area contributed by atoms with E-state index in [4.69, 9.17) is 4.74 Å². The molecule has 2 rings (SSSR count). The predicted molar refractivity (Wildman–Crippen MR) is 54.0 cm³/mol. The molecular weight excluding hydrogens is 200 g/mol. The molecule has 3 nitrogen and oxygen atoms in total. The van der Waals surface area contributed by atoms with E-state index in [0.29, 0.717) is 15.6 Å². The highest BCUT2D eigenvalue weighted by atomic mass is 32.2. The summed E-state index contributed by atoms with van der Waals surface area (Å²) in [4.78, 5) is 0.633. The maximum absolute atomic E-state index is 11.6. The van der Waals surface area contributed by atoms with Crippen LogP contribution in [0.25, 0.3) is 0 Å². The fourth-order valence-corrected chi connectivity index (χ4v) is 2.79. The van der Waals surface area contributed by atoms with Gasteiger partial charge in [0.05, 0.1) is 4.91 Å². The van der Waals surface area contributed by atoms with Gasteiger partial charge in [-0.25, -0.2) is 8.42 Å². The number of hydrogen-bond acceptors (Lipinski definition) is 3. The summed E-state index contributed by atoms with van der Waals surface area (Å²) in [6.07, 6.45) is 4.77. The molecule has 0 aliphatic carbocycles. The summed E-state index contributed by atoms with van der Waals surface area (Å²) < 4.78 is 28.7. The van der Waals surface area contributed by atoms with Crippen LogP contribution in [0.2, 0.25) is 0 Å². The standard InChI is InChI=1S/C10H12O3S/c1-10(2,3)13-8-6-7-4-5-9(8)14(7,11)12/h4-6H,1-3H3. The van der Waals surface area contributed by atoms with Crippen molar-refractivity contribution in [2.24, 2.45) is 0 Å². The summed E-state index contributed by atoms with van der Waals surface area (Å²) in [6.45, 7) is 5.67. The van der Waals surface area contributed by atoms with Gasteiger partial charge in [-0.15, -0.1) is 0 Å². The third-order valence-corrected chi connectivity index (χ3v) is 3.72. The normalized spacial score (nSPS) is 22.9. The quantitative estimate of drug-likeness (QED) is 0.666. The van der Waals surface area contributed by atoms with Crippen molar-refractivity contribution in [2.45, 2.75) is 26.4 Å². The summed E-state index contributed by atoms with van der Waals surface area (Å²) in [5.41, 5.74) is -0.368. The first kappa shape index (κ1) is 9.52. The SMILES string of the molecule is CC(C)(C)OC1=C2C=CC(=C1)S2(=O)=O. The van der Waals surface area contributed by atoms with Crippen LogP contribution in [0.1, 0.15) is 20.8 Å². The van der Waals surface area contributed by atoms with Gasteiger partial charge in [0.15, 0.2) is 0 Å². The predicted octanol–water partition coefficient (Wildman–Crippen LogP) is 1.90. The monoisotopic (exact) mass is 212 g/mol. The minimum Gasteiger partial charge on any atom is -0.487 e. The Hall–Kier alpha value is -1.03. The lowest BCUT2D eigenvalue weighted by Gasteiger charge is -2.21. The van der Waals surface area contributed by atoms with E-state index in [-0.39, 0.29) is 5.60 Å². The van der Waals surface area contributed by atoms with Crippen LogP contribution in [0.15, 0.2) is 33.8 Å². The molecule has 0 saturated carbocycles. The van der Waals surface area contributed by atoms with E-state index in [0.717, 1.165) is 0 Å². The number of sulfone groups is 1. The molecule has 0 radical (unpaired) electrons. The molecule has 0 spiro atoms. The van der Waals surface area contributed by atoms with Gasteiger partial charge < -0.3 is 4.74 Å². The lowest BCUT2D eigenvalue weighted by Crippen LogP contribution is -2.18. The van der Waals surface area contributed by atoms with E-state index >= 15 is 0 Å². The van der Waals surface area contributed by atoms with Crippen LogP contribution < -0.4 is 0 Å². The third kappa shape index (κ3) is 1.30. The second-order valence-corrected chi connectivity index (χ2v) is 6.24. The maximum Gasteiger partial charge on any atom is 0.210 e. The van der Waals surface area contributed by atoms with Gasteiger partial charge in [0.1, 0.15) is 16.3 Å². The van der Waals surface area contributed by atoms with Crippen molar-refractivity contribution in [3.05, 3.63) is 33.8 Å². The van der Waals surface area contributed by atoms with Crippen LogP contribution in [0.4, 0.5) is 0 Å². The number of hydrogen-bond donors (Lipinski definition) is 0. The zero-order valence-corrected chi connectivity index (χ0v) is 9.18. The molecule has 2 aliphatic heterocycles. The molecule has 2 heterocycles. The van der Waals surface area contributed by atoms with E-state index < -0.39 is 9.84 Å². The molecule has 0 fully saturated rings. The summed E-state index contributed by atoms with van der Waals surface area (Å²) in [5.74, 6) is 0.468. The van der Waals surface area contributed by atoms with Crippen molar-refractivity contribution in [3.63, 3.8) is 0 Å². The minimum absolute atomic E-state index is 0.294.